The summed E-state index contributed by atoms with van der Waals surface area (Å²) < 4.78 is 40.4. The SMILES string of the molecule is CCCc1nccc2sc(-c3c(C)nc(N[C@H](C)C(F)(F)F)nc3N[C@@H]3C[C@H](CO)[C@@H](O)[C@H]3O)nc12. The molecule has 1 aliphatic rings. The van der Waals surface area contributed by atoms with Crippen LogP contribution in [0.4, 0.5) is 24.9 Å². The zero-order valence-electron chi connectivity index (χ0n) is 20.0. The lowest BCUT2D eigenvalue weighted by Gasteiger charge is -2.22. The predicted molar refractivity (Wildman–Crippen MR) is 131 cm³/mol. The highest BCUT2D eigenvalue weighted by molar-refractivity contribution is 7.21. The Balaban J connectivity index is 1.79. The van der Waals surface area contributed by atoms with Crippen LogP contribution in [0.1, 0.15) is 38.1 Å². The van der Waals surface area contributed by atoms with Crippen molar-refractivity contribution in [3.05, 3.63) is 23.7 Å². The summed E-state index contributed by atoms with van der Waals surface area (Å²) in [5.74, 6) is -0.597. The molecule has 0 unspecified atom stereocenters. The zero-order valence-corrected chi connectivity index (χ0v) is 20.9. The molecule has 1 saturated carbocycles. The second-order valence-corrected chi connectivity index (χ2v) is 10.1. The number of rotatable bonds is 8. The Bertz CT molecular complexity index is 1220. The van der Waals surface area contributed by atoms with E-state index in [4.69, 9.17) is 4.98 Å². The molecule has 5 N–H and O–H groups in total. The lowest BCUT2D eigenvalue weighted by molar-refractivity contribution is -0.138. The highest BCUT2D eigenvalue weighted by Crippen LogP contribution is 2.39. The summed E-state index contributed by atoms with van der Waals surface area (Å²) in [6, 6.07) is -0.730. The molecule has 0 aromatic carbocycles. The van der Waals surface area contributed by atoms with Crippen molar-refractivity contribution >= 4 is 33.3 Å². The molecule has 3 aromatic rings. The first-order chi connectivity index (χ1) is 17.0. The third-order valence-corrected chi connectivity index (χ3v) is 7.41. The van der Waals surface area contributed by atoms with Gasteiger partial charge in [-0.05, 0) is 32.8 Å². The molecule has 0 saturated heterocycles. The fraction of sp³-hybridized carbons (Fsp3) is 0.565. The Morgan fingerprint density at radius 3 is 2.58 bits per heavy atom. The average molecular weight is 527 g/mol. The zero-order chi connectivity index (χ0) is 26.2. The number of fused-ring (bicyclic) bond motifs is 1. The number of aliphatic hydroxyl groups is 3. The highest BCUT2D eigenvalue weighted by Gasteiger charge is 2.42. The molecule has 3 heterocycles. The van der Waals surface area contributed by atoms with E-state index in [1.165, 1.54) is 11.3 Å². The fourth-order valence-electron chi connectivity index (χ4n) is 4.33. The minimum absolute atomic E-state index is 0.179. The Hall–Kier alpha value is -2.61. The molecule has 196 valence electrons. The van der Waals surface area contributed by atoms with Gasteiger partial charge in [-0.3, -0.25) is 4.98 Å². The normalized spacial score (nSPS) is 23.2. The second kappa shape index (κ2) is 10.4. The van der Waals surface area contributed by atoms with E-state index < -0.39 is 36.4 Å². The Morgan fingerprint density at radius 1 is 1.19 bits per heavy atom. The van der Waals surface area contributed by atoms with Crippen molar-refractivity contribution in [2.75, 3.05) is 17.2 Å². The number of aliphatic hydroxyl groups excluding tert-OH is 3. The van der Waals surface area contributed by atoms with Gasteiger partial charge in [-0.25, -0.2) is 9.97 Å². The molecule has 5 atom stereocenters. The van der Waals surface area contributed by atoms with Crippen LogP contribution < -0.4 is 10.6 Å². The summed E-state index contributed by atoms with van der Waals surface area (Å²) in [5.41, 5.74) is 2.47. The Labute approximate surface area is 209 Å². The van der Waals surface area contributed by atoms with Crippen LogP contribution in [0.3, 0.4) is 0 Å². The molecule has 0 amide bonds. The van der Waals surface area contributed by atoms with E-state index in [2.05, 4.69) is 25.6 Å². The van der Waals surface area contributed by atoms with Crippen molar-refractivity contribution in [3.63, 3.8) is 0 Å². The number of pyridine rings is 1. The minimum Gasteiger partial charge on any atom is -0.396 e. The van der Waals surface area contributed by atoms with Crippen molar-refractivity contribution in [1.29, 1.82) is 0 Å². The van der Waals surface area contributed by atoms with Crippen LogP contribution in [0.2, 0.25) is 0 Å². The first-order valence-electron chi connectivity index (χ1n) is 11.7. The lowest BCUT2D eigenvalue weighted by Crippen LogP contribution is -2.36. The number of hydrogen-bond acceptors (Lipinski definition) is 10. The molecular weight excluding hydrogens is 497 g/mol. The second-order valence-electron chi connectivity index (χ2n) is 9.05. The van der Waals surface area contributed by atoms with Gasteiger partial charge in [0.25, 0.3) is 0 Å². The van der Waals surface area contributed by atoms with Gasteiger partial charge in [0, 0.05) is 18.7 Å². The van der Waals surface area contributed by atoms with E-state index in [9.17, 15) is 28.5 Å². The van der Waals surface area contributed by atoms with Crippen LogP contribution in [-0.2, 0) is 6.42 Å². The number of nitrogens with zero attached hydrogens (tertiary/aromatic N) is 4. The van der Waals surface area contributed by atoms with Gasteiger partial charge in [-0.15, -0.1) is 11.3 Å². The maximum absolute atomic E-state index is 13.2. The smallest absolute Gasteiger partial charge is 0.396 e. The Kier molecular flexibility index (Phi) is 7.64. The number of alkyl halides is 3. The van der Waals surface area contributed by atoms with Gasteiger partial charge in [0.15, 0.2) is 0 Å². The van der Waals surface area contributed by atoms with E-state index in [1.807, 2.05) is 13.0 Å². The van der Waals surface area contributed by atoms with Gasteiger partial charge >= 0.3 is 6.18 Å². The predicted octanol–water partition coefficient (Wildman–Crippen LogP) is 3.29. The third-order valence-electron chi connectivity index (χ3n) is 6.37. The number of aryl methyl sites for hydroxylation is 2. The first-order valence-corrected chi connectivity index (χ1v) is 12.5. The highest BCUT2D eigenvalue weighted by atomic mass is 32.1. The maximum atomic E-state index is 13.2. The molecule has 0 aliphatic heterocycles. The summed E-state index contributed by atoms with van der Waals surface area (Å²) in [6.07, 6.45) is -3.26. The molecular formula is C23H29F3N6O3S. The van der Waals surface area contributed by atoms with E-state index in [1.54, 1.807) is 13.1 Å². The average Bonchev–Trinajstić information content (AvgIpc) is 3.35. The van der Waals surface area contributed by atoms with E-state index in [-0.39, 0.29) is 24.8 Å². The van der Waals surface area contributed by atoms with Crippen molar-refractivity contribution in [3.8, 4) is 10.6 Å². The van der Waals surface area contributed by atoms with Crippen LogP contribution in [0.15, 0.2) is 12.3 Å². The molecule has 0 spiro atoms. The molecule has 0 radical (unpaired) electrons. The maximum Gasteiger partial charge on any atom is 0.408 e. The molecule has 1 fully saturated rings. The number of thiazole rings is 1. The molecule has 36 heavy (non-hydrogen) atoms. The summed E-state index contributed by atoms with van der Waals surface area (Å²) >= 11 is 1.38. The Morgan fingerprint density at radius 2 is 1.94 bits per heavy atom. The van der Waals surface area contributed by atoms with Crippen molar-refractivity contribution < 1.29 is 28.5 Å². The topological polar surface area (TPSA) is 136 Å². The van der Waals surface area contributed by atoms with Crippen LogP contribution in [0.5, 0.6) is 0 Å². The molecule has 0 bridgehead atoms. The molecule has 13 heteroatoms. The number of anilines is 2. The van der Waals surface area contributed by atoms with Gasteiger partial charge in [-0.2, -0.15) is 18.2 Å². The number of hydrogen-bond donors (Lipinski definition) is 5. The number of nitrogens with one attached hydrogen (secondary N) is 2. The van der Waals surface area contributed by atoms with E-state index in [0.29, 0.717) is 16.3 Å². The van der Waals surface area contributed by atoms with E-state index in [0.717, 1.165) is 35.7 Å². The molecule has 3 aromatic heterocycles. The molecule has 4 rings (SSSR count). The van der Waals surface area contributed by atoms with Crippen LogP contribution in [0.25, 0.3) is 20.8 Å². The van der Waals surface area contributed by atoms with Gasteiger partial charge in [0.1, 0.15) is 28.5 Å². The van der Waals surface area contributed by atoms with Crippen molar-refractivity contribution in [1.82, 2.24) is 19.9 Å². The largest absolute Gasteiger partial charge is 0.408 e. The van der Waals surface area contributed by atoms with E-state index >= 15 is 0 Å². The monoisotopic (exact) mass is 526 g/mol. The minimum atomic E-state index is -4.50. The van der Waals surface area contributed by atoms with Crippen LogP contribution in [0, 0.1) is 12.8 Å². The fourth-order valence-corrected chi connectivity index (χ4v) is 5.41. The van der Waals surface area contributed by atoms with Crippen LogP contribution in [-0.4, -0.2) is 72.3 Å². The summed E-state index contributed by atoms with van der Waals surface area (Å²) in [5, 5.41) is 36.2. The first kappa shape index (κ1) is 26.5. The van der Waals surface area contributed by atoms with Crippen molar-refractivity contribution in [2.24, 2.45) is 5.92 Å². The number of aromatic nitrogens is 4. The van der Waals surface area contributed by atoms with Gasteiger partial charge < -0.3 is 26.0 Å². The van der Waals surface area contributed by atoms with Crippen molar-refractivity contribution in [2.45, 2.75) is 70.5 Å². The standard InChI is InChI=1S/C23H29F3N6O3S/c1-4-5-13-17-15(6-7-27-13)36-21(31-17)16-10(2)28-22(29-11(3)23(24,25)26)32-20(16)30-14-8-12(9-33)18(34)19(14)35/h6-7,11-12,14,18-19,33-35H,4-5,8-9H2,1-3H3,(H2,28,29,30,32)/t11-,12-,14-,18-,19+/m1/s1. The molecule has 9 nitrogen and oxygen atoms in total. The lowest BCUT2D eigenvalue weighted by atomic mass is 10.1. The summed E-state index contributed by atoms with van der Waals surface area (Å²) in [4.78, 5) is 17.8. The van der Waals surface area contributed by atoms with Gasteiger partial charge in [0.05, 0.1) is 33.8 Å². The quantitative estimate of drug-likeness (QED) is 0.300. The van der Waals surface area contributed by atoms with Crippen LogP contribution >= 0.6 is 11.3 Å². The molecule has 1 aliphatic carbocycles. The van der Waals surface area contributed by atoms with Gasteiger partial charge in [-0.1, -0.05) is 13.3 Å². The summed E-state index contributed by atoms with van der Waals surface area (Å²) in [6.45, 7) is 4.35. The summed E-state index contributed by atoms with van der Waals surface area (Å²) in [7, 11) is 0. The van der Waals surface area contributed by atoms with Gasteiger partial charge in [0.2, 0.25) is 5.95 Å². The third kappa shape index (κ3) is 5.24. The number of halogens is 3.